The van der Waals surface area contributed by atoms with Gasteiger partial charge in [0.15, 0.2) is 0 Å². The Balaban J connectivity index is 3.74. The second-order valence-corrected chi connectivity index (χ2v) is 11.5. The Morgan fingerprint density at radius 3 is 1.00 bits per heavy atom. The van der Waals surface area contributed by atoms with Crippen LogP contribution in [0.25, 0.3) is 0 Å². The molecule has 0 fully saturated rings. The van der Waals surface area contributed by atoms with Crippen molar-refractivity contribution >= 4 is 0 Å². The molecule has 0 N–H and O–H groups in total. The van der Waals surface area contributed by atoms with Crippen LogP contribution in [-0.4, -0.2) is 0 Å². The lowest BCUT2D eigenvalue weighted by Crippen LogP contribution is -2.02. The third-order valence-electron chi connectivity index (χ3n) is 7.94. The summed E-state index contributed by atoms with van der Waals surface area (Å²) in [5.74, 6) is 0.985. The molecule has 0 aliphatic rings. The average Bonchev–Trinajstić information content (AvgIpc) is 2.85. The van der Waals surface area contributed by atoms with Gasteiger partial charge in [-0.15, -0.1) is 0 Å². The van der Waals surface area contributed by atoms with Crippen LogP contribution in [0.4, 0.5) is 0 Å². The van der Waals surface area contributed by atoms with E-state index >= 15 is 0 Å². The monoisotopic (exact) mass is 478 g/mol. The van der Waals surface area contributed by atoms with E-state index in [1.165, 1.54) is 186 Å². The molecule has 1 atom stereocenters. The Labute approximate surface area is 219 Å². The van der Waals surface area contributed by atoms with Gasteiger partial charge in [0, 0.05) is 0 Å². The number of hydrogen-bond acceptors (Lipinski definition) is 0. The van der Waals surface area contributed by atoms with Crippen LogP contribution in [0.5, 0.6) is 0 Å². The Bertz CT molecular complexity index is 333. The molecule has 34 heavy (non-hydrogen) atoms. The van der Waals surface area contributed by atoms with E-state index in [1.54, 1.807) is 0 Å². The summed E-state index contributed by atoms with van der Waals surface area (Å²) in [5.41, 5.74) is 0. The maximum Gasteiger partial charge on any atom is -0.0383 e. The van der Waals surface area contributed by atoms with Gasteiger partial charge in [-0.05, 0) is 18.8 Å². The molecule has 0 aromatic heterocycles. The van der Waals surface area contributed by atoms with Gasteiger partial charge in [0.05, 0.1) is 0 Å². The lowest BCUT2D eigenvalue weighted by molar-refractivity contribution is 0.393. The zero-order chi connectivity index (χ0) is 24.8. The van der Waals surface area contributed by atoms with Crippen LogP contribution in [0.2, 0.25) is 0 Å². The van der Waals surface area contributed by atoms with Crippen molar-refractivity contribution in [1.82, 2.24) is 0 Å². The molecule has 0 heteroatoms. The molecular formula is C34H69. The molecule has 0 nitrogen and oxygen atoms in total. The number of hydrogen-bond donors (Lipinski definition) is 0. The van der Waals surface area contributed by atoms with Gasteiger partial charge >= 0.3 is 0 Å². The highest BCUT2D eigenvalue weighted by atomic mass is 14.1. The van der Waals surface area contributed by atoms with E-state index in [-0.39, 0.29) is 0 Å². The van der Waals surface area contributed by atoms with Crippen LogP contribution in [0.15, 0.2) is 0 Å². The van der Waals surface area contributed by atoms with Gasteiger partial charge in [0.1, 0.15) is 0 Å². The Morgan fingerprint density at radius 2 is 0.647 bits per heavy atom. The van der Waals surface area contributed by atoms with Crippen molar-refractivity contribution in [3.05, 3.63) is 6.42 Å². The predicted molar refractivity (Wildman–Crippen MR) is 159 cm³/mol. The summed E-state index contributed by atoms with van der Waals surface area (Å²) in [6.07, 6.45) is 44.9. The van der Waals surface area contributed by atoms with Crippen LogP contribution in [0.3, 0.4) is 0 Å². The van der Waals surface area contributed by atoms with Crippen molar-refractivity contribution in [1.29, 1.82) is 0 Å². The summed E-state index contributed by atoms with van der Waals surface area (Å²) in [4.78, 5) is 0. The molecule has 0 bridgehead atoms. The summed E-state index contributed by atoms with van der Waals surface area (Å²) < 4.78 is 0. The van der Waals surface area contributed by atoms with Gasteiger partial charge < -0.3 is 0 Å². The molecule has 0 spiro atoms. The second-order valence-electron chi connectivity index (χ2n) is 11.5. The standard InChI is InChI=1S/C34H69/c1-4-7-10-13-16-18-19-20-21-22-24-27-30-33-34(31-28-25-15-12-9-6-3)32-29-26-23-17-14-11-8-5-2/h30,34H,4-29,31-33H2,1-3H3. The van der Waals surface area contributed by atoms with E-state index in [0.717, 1.165) is 5.92 Å². The smallest absolute Gasteiger partial charge is 0.0383 e. The van der Waals surface area contributed by atoms with Gasteiger partial charge in [0.25, 0.3) is 0 Å². The number of rotatable bonds is 30. The van der Waals surface area contributed by atoms with Crippen LogP contribution in [-0.2, 0) is 0 Å². The molecular weight excluding hydrogens is 408 g/mol. The molecule has 1 radical (unpaired) electrons. The van der Waals surface area contributed by atoms with Crippen molar-refractivity contribution in [3.63, 3.8) is 0 Å². The lowest BCUT2D eigenvalue weighted by Gasteiger charge is -2.17. The fraction of sp³-hybridized carbons (Fsp3) is 0.971. The molecule has 0 aliphatic carbocycles. The van der Waals surface area contributed by atoms with E-state index in [1.807, 2.05) is 0 Å². The summed E-state index contributed by atoms with van der Waals surface area (Å²) in [5, 5.41) is 0. The van der Waals surface area contributed by atoms with Crippen molar-refractivity contribution in [2.75, 3.05) is 0 Å². The molecule has 1 unspecified atom stereocenters. The van der Waals surface area contributed by atoms with Crippen molar-refractivity contribution in [2.45, 2.75) is 207 Å². The van der Waals surface area contributed by atoms with E-state index in [9.17, 15) is 0 Å². The van der Waals surface area contributed by atoms with E-state index in [4.69, 9.17) is 0 Å². The second kappa shape index (κ2) is 31.0. The minimum Gasteiger partial charge on any atom is -0.0654 e. The molecule has 0 amide bonds. The van der Waals surface area contributed by atoms with Gasteiger partial charge in [-0.3, -0.25) is 0 Å². The maximum atomic E-state index is 2.68. The number of unbranched alkanes of at least 4 members (excludes halogenated alkanes) is 24. The predicted octanol–water partition coefficient (Wildman–Crippen LogP) is 13.2. The van der Waals surface area contributed by atoms with E-state index in [2.05, 4.69) is 27.2 Å². The molecule has 0 saturated heterocycles. The van der Waals surface area contributed by atoms with E-state index in [0.29, 0.717) is 0 Å². The van der Waals surface area contributed by atoms with Crippen molar-refractivity contribution < 1.29 is 0 Å². The molecule has 0 aromatic carbocycles. The van der Waals surface area contributed by atoms with Crippen LogP contribution in [0.1, 0.15) is 207 Å². The molecule has 205 valence electrons. The van der Waals surface area contributed by atoms with Gasteiger partial charge in [-0.2, -0.15) is 0 Å². The Hall–Kier alpha value is 0. The summed E-state index contributed by atoms with van der Waals surface area (Å²) in [6.45, 7) is 6.95. The fourth-order valence-corrected chi connectivity index (χ4v) is 5.47. The zero-order valence-corrected chi connectivity index (χ0v) is 24.7. The fourth-order valence-electron chi connectivity index (χ4n) is 5.47. The first kappa shape index (κ1) is 34.0. The largest absolute Gasteiger partial charge is 0.0654 e. The van der Waals surface area contributed by atoms with Gasteiger partial charge in [-0.25, -0.2) is 0 Å². The van der Waals surface area contributed by atoms with Gasteiger partial charge in [0.2, 0.25) is 0 Å². The molecule has 0 aliphatic heterocycles. The Kier molecular flexibility index (Phi) is 31.0. The Morgan fingerprint density at radius 1 is 0.353 bits per heavy atom. The van der Waals surface area contributed by atoms with Gasteiger partial charge in [-0.1, -0.05) is 201 Å². The first-order valence-corrected chi connectivity index (χ1v) is 16.7. The highest BCUT2D eigenvalue weighted by molar-refractivity contribution is 4.72. The molecule has 0 aromatic rings. The summed E-state index contributed by atoms with van der Waals surface area (Å²) >= 11 is 0. The average molecular weight is 478 g/mol. The normalized spacial score (nSPS) is 12.4. The zero-order valence-electron chi connectivity index (χ0n) is 24.7. The third kappa shape index (κ3) is 28.2. The summed E-state index contributed by atoms with van der Waals surface area (Å²) in [7, 11) is 0. The first-order chi connectivity index (χ1) is 16.8. The lowest BCUT2D eigenvalue weighted by atomic mass is 9.89. The topological polar surface area (TPSA) is 0 Å². The SMILES string of the molecule is CCCCCCCCCCCCC[CH]CC(CCCCCCCC)CCCCCCCCCC. The molecule has 0 heterocycles. The minimum atomic E-state index is 0.985. The van der Waals surface area contributed by atoms with Crippen molar-refractivity contribution in [3.8, 4) is 0 Å². The highest BCUT2D eigenvalue weighted by Gasteiger charge is 2.09. The van der Waals surface area contributed by atoms with Crippen LogP contribution < -0.4 is 0 Å². The highest BCUT2D eigenvalue weighted by Crippen LogP contribution is 2.24. The molecule has 0 rings (SSSR count). The van der Waals surface area contributed by atoms with Crippen LogP contribution in [0, 0.1) is 12.3 Å². The first-order valence-electron chi connectivity index (χ1n) is 16.7. The quantitative estimate of drug-likeness (QED) is 0.0902. The van der Waals surface area contributed by atoms with Crippen molar-refractivity contribution in [2.24, 2.45) is 5.92 Å². The maximum absolute atomic E-state index is 2.68. The van der Waals surface area contributed by atoms with Crippen LogP contribution >= 0.6 is 0 Å². The summed E-state index contributed by atoms with van der Waals surface area (Å²) in [6, 6.07) is 0. The third-order valence-corrected chi connectivity index (χ3v) is 7.94. The van der Waals surface area contributed by atoms with E-state index < -0.39 is 0 Å². The minimum absolute atomic E-state index is 0.985. The molecule has 0 saturated carbocycles.